The van der Waals surface area contributed by atoms with Crippen molar-refractivity contribution < 1.29 is 0 Å². The van der Waals surface area contributed by atoms with Crippen LogP contribution in [0.15, 0.2) is 0 Å². The first-order valence-electron chi connectivity index (χ1n) is 8.40. The van der Waals surface area contributed by atoms with Crippen LogP contribution in [0, 0.1) is 0 Å². The lowest BCUT2D eigenvalue weighted by atomic mass is 10.0. The Labute approximate surface area is 123 Å². The molecule has 0 aromatic heterocycles. The van der Waals surface area contributed by atoms with E-state index in [0.717, 1.165) is 0 Å². The fourth-order valence-electron chi connectivity index (χ4n) is 2.44. The fourth-order valence-corrected chi connectivity index (χ4v) is 3.80. The van der Waals surface area contributed by atoms with E-state index in [0.29, 0.717) is 0 Å². The molecule has 0 aromatic carbocycles. The number of unbranched alkanes of at least 4 members (excludes halogenated alkanes) is 13. The Hall–Kier alpha value is 0.567. The summed E-state index contributed by atoms with van der Waals surface area (Å²) in [6.07, 6.45) is 20.6. The molecule has 2 heteroatoms. The second-order valence-electron chi connectivity index (χ2n) is 5.59. The average molecular weight is 289 g/mol. The largest absolute Gasteiger partial charge is 0.198 e. The topological polar surface area (TPSA) is 0 Å². The molecule has 0 unspecified atom stereocenters. The third-order valence-electron chi connectivity index (χ3n) is 3.70. The number of rotatable bonds is 15. The van der Waals surface area contributed by atoms with Gasteiger partial charge >= 0.3 is 0 Å². The third kappa shape index (κ3) is 16.6. The normalized spacial score (nSPS) is 11.2. The first kappa shape index (κ1) is 18.6. The molecule has 0 aromatic rings. The van der Waals surface area contributed by atoms with Gasteiger partial charge in [-0.15, -0.1) is 0 Å². The highest BCUT2D eigenvalue weighted by molar-refractivity contribution is 8.19. The van der Waals surface area contributed by atoms with Crippen LogP contribution in [0.3, 0.4) is 0 Å². The monoisotopic (exact) mass is 288 g/mol. The molecule has 0 nitrogen and oxygen atoms in total. The predicted octanol–water partition coefficient (Wildman–Crippen LogP) is 5.48. The average Bonchev–Trinajstić information content (AvgIpc) is 2.39. The summed E-state index contributed by atoms with van der Waals surface area (Å²) in [5.74, 6) is 1.42. The van der Waals surface area contributed by atoms with Gasteiger partial charge < -0.3 is 0 Å². The summed E-state index contributed by atoms with van der Waals surface area (Å²) >= 11 is 2.12. The van der Waals surface area contributed by atoms with Crippen molar-refractivity contribution in [2.75, 3.05) is 5.75 Å². The van der Waals surface area contributed by atoms with Gasteiger partial charge in [0.1, 0.15) is 0 Å². The Morgan fingerprint density at radius 1 is 0.556 bits per heavy atom. The highest BCUT2D eigenvalue weighted by Gasteiger charge is 1.93. The number of hydrogen-bond donors (Lipinski definition) is 0. The van der Waals surface area contributed by atoms with Crippen LogP contribution >= 0.6 is 11.2 Å². The second-order valence-corrected chi connectivity index (χ2v) is 8.31. The van der Waals surface area contributed by atoms with E-state index in [1.165, 1.54) is 105 Å². The zero-order chi connectivity index (χ0) is 13.3. The van der Waals surface area contributed by atoms with Crippen LogP contribution in [0.2, 0.25) is 0 Å². The molecule has 0 aliphatic rings. The van der Waals surface area contributed by atoms with Gasteiger partial charge in [0.25, 0.3) is 0 Å². The maximum Gasteiger partial charge on any atom is 0.0694 e. The molecule has 0 atom stereocenters. The minimum atomic E-state index is 1.33. The van der Waals surface area contributed by atoms with Gasteiger partial charge in [0, 0.05) is 0 Å². The summed E-state index contributed by atoms with van der Waals surface area (Å²) in [5.41, 5.74) is 0. The lowest BCUT2D eigenvalue weighted by molar-refractivity contribution is 0.538. The molecular formula is C16H36SSi. The van der Waals surface area contributed by atoms with Crippen molar-refractivity contribution in [3.8, 4) is 0 Å². The van der Waals surface area contributed by atoms with E-state index >= 15 is 0 Å². The zero-order valence-electron chi connectivity index (χ0n) is 13.0. The van der Waals surface area contributed by atoms with E-state index in [4.69, 9.17) is 0 Å². The van der Waals surface area contributed by atoms with Gasteiger partial charge in [-0.05, 0) is 12.2 Å². The van der Waals surface area contributed by atoms with Crippen LogP contribution in [0.25, 0.3) is 0 Å². The molecule has 110 valence electrons. The van der Waals surface area contributed by atoms with Gasteiger partial charge in [-0.25, -0.2) is 0 Å². The van der Waals surface area contributed by atoms with Crippen LogP contribution in [-0.2, 0) is 0 Å². The molecule has 0 heterocycles. The SMILES string of the molecule is CCCCCCCCCCCCCCCCS[SiH3]. The van der Waals surface area contributed by atoms with Crippen molar-refractivity contribution in [2.45, 2.75) is 96.8 Å². The molecule has 18 heavy (non-hydrogen) atoms. The Morgan fingerprint density at radius 3 is 1.22 bits per heavy atom. The van der Waals surface area contributed by atoms with E-state index in [9.17, 15) is 0 Å². The van der Waals surface area contributed by atoms with Crippen molar-refractivity contribution in [1.29, 1.82) is 0 Å². The van der Waals surface area contributed by atoms with Crippen LogP contribution < -0.4 is 0 Å². The highest BCUT2D eigenvalue weighted by atomic mass is 32.4. The van der Waals surface area contributed by atoms with Crippen molar-refractivity contribution >= 4 is 20.6 Å². The minimum Gasteiger partial charge on any atom is -0.198 e. The molecule has 0 radical (unpaired) electrons. The van der Waals surface area contributed by atoms with Crippen molar-refractivity contribution in [3.05, 3.63) is 0 Å². The van der Waals surface area contributed by atoms with Crippen LogP contribution in [0.5, 0.6) is 0 Å². The zero-order valence-corrected chi connectivity index (χ0v) is 15.8. The van der Waals surface area contributed by atoms with E-state index < -0.39 is 0 Å². The van der Waals surface area contributed by atoms with Crippen molar-refractivity contribution in [2.24, 2.45) is 0 Å². The maximum absolute atomic E-state index is 2.29. The van der Waals surface area contributed by atoms with Gasteiger partial charge in [-0.2, -0.15) is 11.2 Å². The van der Waals surface area contributed by atoms with E-state index in [1.54, 1.807) is 0 Å². The molecule has 0 rings (SSSR count). The van der Waals surface area contributed by atoms with Crippen LogP contribution in [0.4, 0.5) is 0 Å². The summed E-state index contributed by atoms with van der Waals surface area (Å²) in [6, 6.07) is 0. The highest BCUT2D eigenvalue weighted by Crippen LogP contribution is 2.13. The fraction of sp³-hybridized carbons (Fsp3) is 1.00. The Bertz CT molecular complexity index is 123. The molecule has 0 amide bonds. The number of hydrogen-bond acceptors (Lipinski definition) is 1. The Morgan fingerprint density at radius 2 is 0.889 bits per heavy atom. The van der Waals surface area contributed by atoms with Gasteiger partial charge in [-0.1, -0.05) is 90.4 Å². The lowest BCUT2D eigenvalue weighted by Crippen LogP contribution is -1.84. The summed E-state index contributed by atoms with van der Waals surface area (Å²) in [4.78, 5) is 0. The lowest BCUT2D eigenvalue weighted by Gasteiger charge is -2.03. The molecule has 0 bridgehead atoms. The van der Waals surface area contributed by atoms with Crippen LogP contribution in [-0.4, -0.2) is 15.1 Å². The molecule has 0 spiro atoms. The molecule has 0 saturated carbocycles. The Kier molecular flexibility index (Phi) is 18.1. The van der Waals surface area contributed by atoms with Crippen molar-refractivity contribution in [3.63, 3.8) is 0 Å². The first-order valence-corrected chi connectivity index (χ1v) is 12.2. The quantitative estimate of drug-likeness (QED) is 0.284. The van der Waals surface area contributed by atoms with Crippen LogP contribution in [0.1, 0.15) is 96.8 Å². The summed E-state index contributed by atoms with van der Waals surface area (Å²) in [7, 11) is 1.33. The Balaban J connectivity index is 2.86. The predicted molar refractivity (Wildman–Crippen MR) is 92.7 cm³/mol. The van der Waals surface area contributed by atoms with E-state index in [2.05, 4.69) is 18.1 Å². The molecule has 0 saturated heterocycles. The van der Waals surface area contributed by atoms with E-state index in [-0.39, 0.29) is 0 Å². The second kappa shape index (κ2) is 17.6. The first-order chi connectivity index (χ1) is 8.91. The molecule has 0 aliphatic carbocycles. The molecule has 0 N–H and O–H groups in total. The molecular weight excluding hydrogens is 252 g/mol. The van der Waals surface area contributed by atoms with Gasteiger partial charge in [-0.3, -0.25) is 0 Å². The molecule has 0 aliphatic heterocycles. The van der Waals surface area contributed by atoms with Gasteiger partial charge in [0.15, 0.2) is 0 Å². The summed E-state index contributed by atoms with van der Waals surface area (Å²) in [6.45, 7) is 2.29. The third-order valence-corrected chi connectivity index (χ3v) is 5.62. The summed E-state index contributed by atoms with van der Waals surface area (Å²) < 4.78 is 0. The minimum absolute atomic E-state index is 1.33. The maximum atomic E-state index is 2.29. The summed E-state index contributed by atoms with van der Waals surface area (Å²) in [5, 5.41) is 0. The standard InChI is InChI=1S/C16H36SSi/c1-2-3-4-5-6-7-8-9-10-11-12-13-14-15-16-17-18/h2-16H2,1,18H3. The van der Waals surface area contributed by atoms with Gasteiger partial charge in [0.05, 0.1) is 9.39 Å². The van der Waals surface area contributed by atoms with Gasteiger partial charge in [0.2, 0.25) is 0 Å². The smallest absolute Gasteiger partial charge is 0.0694 e. The molecule has 0 fully saturated rings. The van der Waals surface area contributed by atoms with E-state index in [1.807, 2.05) is 0 Å². The van der Waals surface area contributed by atoms with Crippen molar-refractivity contribution in [1.82, 2.24) is 0 Å².